The van der Waals surface area contributed by atoms with Crippen LogP contribution in [0.15, 0.2) is 36.4 Å². The number of hydrogen-bond acceptors (Lipinski definition) is 2. The number of aromatic amines is 1. The van der Waals surface area contributed by atoms with Gasteiger partial charge >= 0.3 is 5.97 Å². The monoisotopic (exact) mass is 270 g/mol. The molecule has 3 aromatic rings. The number of H-pyrrole nitrogens is 1. The number of fused-ring (bicyclic) bond motifs is 1. The summed E-state index contributed by atoms with van der Waals surface area (Å²) >= 11 is 0. The van der Waals surface area contributed by atoms with Gasteiger partial charge in [0.2, 0.25) is 0 Å². The van der Waals surface area contributed by atoms with Crippen LogP contribution in [0.4, 0.5) is 4.39 Å². The third-order valence-corrected chi connectivity index (χ3v) is 3.04. The first-order valence-electron chi connectivity index (χ1n) is 6.03. The summed E-state index contributed by atoms with van der Waals surface area (Å²) in [6, 6.07) is 9.29. The number of nitrogens with zero attached hydrogens (tertiary/aromatic N) is 1. The van der Waals surface area contributed by atoms with Crippen molar-refractivity contribution in [3.63, 3.8) is 0 Å². The Kier molecular flexibility index (Phi) is 2.75. The standard InChI is InChI=1S/C15H11FN2O2/c1-8-4-10(6-11(16)5-8)14-17-12-3-2-9(15(19)20)7-13(12)18-14/h2-7H,1H3,(H,17,18)(H,19,20). The molecule has 2 N–H and O–H groups in total. The number of carboxylic acid groups (broad SMARTS) is 1. The van der Waals surface area contributed by atoms with Gasteiger partial charge in [0, 0.05) is 5.56 Å². The summed E-state index contributed by atoms with van der Waals surface area (Å²) in [6.45, 7) is 1.80. The molecular weight excluding hydrogens is 259 g/mol. The smallest absolute Gasteiger partial charge is 0.335 e. The van der Waals surface area contributed by atoms with E-state index in [4.69, 9.17) is 5.11 Å². The van der Waals surface area contributed by atoms with Crippen molar-refractivity contribution in [3.8, 4) is 11.4 Å². The third-order valence-electron chi connectivity index (χ3n) is 3.04. The highest BCUT2D eigenvalue weighted by Gasteiger charge is 2.09. The third kappa shape index (κ3) is 2.14. The number of aromatic nitrogens is 2. The Balaban J connectivity index is 2.15. The molecule has 0 spiro atoms. The number of halogens is 1. The number of carbonyl (C=O) groups is 1. The summed E-state index contributed by atoms with van der Waals surface area (Å²) in [5, 5.41) is 8.96. The summed E-state index contributed by atoms with van der Waals surface area (Å²) < 4.78 is 13.4. The van der Waals surface area contributed by atoms with E-state index in [9.17, 15) is 9.18 Å². The number of aryl methyl sites for hydroxylation is 1. The van der Waals surface area contributed by atoms with Crippen molar-refractivity contribution in [1.82, 2.24) is 9.97 Å². The molecule has 0 amide bonds. The van der Waals surface area contributed by atoms with Crippen LogP contribution in [0.25, 0.3) is 22.4 Å². The average Bonchev–Trinajstić information content (AvgIpc) is 2.80. The van der Waals surface area contributed by atoms with Gasteiger partial charge in [-0.25, -0.2) is 14.2 Å². The molecular formula is C15H11FN2O2. The van der Waals surface area contributed by atoms with E-state index in [2.05, 4.69) is 9.97 Å². The molecule has 1 heterocycles. The molecule has 0 unspecified atom stereocenters. The Morgan fingerprint density at radius 3 is 2.75 bits per heavy atom. The van der Waals surface area contributed by atoms with Gasteiger partial charge in [0.25, 0.3) is 0 Å². The molecule has 0 aliphatic rings. The average molecular weight is 270 g/mol. The summed E-state index contributed by atoms with van der Waals surface area (Å²) in [6.07, 6.45) is 0. The fourth-order valence-electron chi connectivity index (χ4n) is 2.15. The van der Waals surface area contributed by atoms with E-state index >= 15 is 0 Å². The van der Waals surface area contributed by atoms with E-state index in [1.807, 2.05) is 6.07 Å². The van der Waals surface area contributed by atoms with Crippen molar-refractivity contribution >= 4 is 17.0 Å². The molecule has 0 aliphatic heterocycles. The Bertz CT molecular complexity index is 804. The van der Waals surface area contributed by atoms with Crippen LogP contribution in [0.1, 0.15) is 15.9 Å². The van der Waals surface area contributed by atoms with E-state index < -0.39 is 5.97 Å². The fourth-order valence-corrected chi connectivity index (χ4v) is 2.15. The zero-order valence-corrected chi connectivity index (χ0v) is 10.6. The molecule has 0 aliphatic carbocycles. The lowest BCUT2D eigenvalue weighted by atomic mass is 10.1. The molecule has 100 valence electrons. The Hall–Kier alpha value is -2.69. The molecule has 0 saturated heterocycles. The van der Waals surface area contributed by atoms with Gasteiger partial charge in [0.15, 0.2) is 0 Å². The first-order chi connectivity index (χ1) is 9.52. The number of hydrogen-bond donors (Lipinski definition) is 2. The fraction of sp³-hybridized carbons (Fsp3) is 0.0667. The maximum atomic E-state index is 13.4. The molecule has 0 saturated carbocycles. The minimum absolute atomic E-state index is 0.183. The first-order valence-corrected chi connectivity index (χ1v) is 6.03. The zero-order chi connectivity index (χ0) is 14.3. The van der Waals surface area contributed by atoms with Crippen LogP contribution in [-0.4, -0.2) is 21.0 Å². The number of imidazole rings is 1. The summed E-state index contributed by atoms with van der Waals surface area (Å²) in [7, 11) is 0. The summed E-state index contributed by atoms with van der Waals surface area (Å²) in [4.78, 5) is 18.3. The van der Waals surface area contributed by atoms with Gasteiger partial charge in [-0.15, -0.1) is 0 Å². The van der Waals surface area contributed by atoms with E-state index in [1.54, 1.807) is 13.0 Å². The van der Waals surface area contributed by atoms with E-state index in [1.165, 1.54) is 24.3 Å². The molecule has 0 bridgehead atoms. The maximum absolute atomic E-state index is 13.4. The lowest BCUT2D eigenvalue weighted by molar-refractivity contribution is 0.0697. The molecule has 2 aromatic carbocycles. The maximum Gasteiger partial charge on any atom is 0.335 e. The quantitative estimate of drug-likeness (QED) is 0.750. The topological polar surface area (TPSA) is 66.0 Å². The highest BCUT2D eigenvalue weighted by molar-refractivity contribution is 5.93. The van der Waals surface area contributed by atoms with Gasteiger partial charge in [0.1, 0.15) is 11.6 Å². The molecule has 1 aromatic heterocycles. The molecule has 0 atom stereocenters. The van der Waals surface area contributed by atoms with Crippen molar-refractivity contribution in [2.75, 3.05) is 0 Å². The number of benzene rings is 2. The second-order valence-electron chi connectivity index (χ2n) is 4.64. The molecule has 3 rings (SSSR count). The Morgan fingerprint density at radius 2 is 2.05 bits per heavy atom. The molecule has 20 heavy (non-hydrogen) atoms. The Morgan fingerprint density at radius 1 is 1.25 bits per heavy atom. The SMILES string of the molecule is Cc1cc(F)cc(-c2nc3ccc(C(=O)O)cc3[nH]2)c1. The number of nitrogens with one attached hydrogen (secondary N) is 1. The van der Waals surface area contributed by atoms with Crippen LogP contribution in [0.5, 0.6) is 0 Å². The number of carboxylic acids is 1. The van der Waals surface area contributed by atoms with Crippen LogP contribution in [0, 0.1) is 12.7 Å². The normalized spacial score (nSPS) is 10.9. The lowest BCUT2D eigenvalue weighted by Crippen LogP contribution is -1.94. The van der Waals surface area contributed by atoms with Gasteiger partial charge < -0.3 is 10.1 Å². The van der Waals surface area contributed by atoms with Gasteiger partial charge in [-0.1, -0.05) is 0 Å². The van der Waals surface area contributed by atoms with Gasteiger partial charge in [0.05, 0.1) is 16.6 Å². The van der Waals surface area contributed by atoms with Crippen molar-refractivity contribution in [2.24, 2.45) is 0 Å². The van der Waals surface area contributed by atoms with E-state index in [-0.39, 0.29) is 11.4 Å². The van der Waals surface area contributed by atoms with Crippen LogP contribution in [0.3, 0.4) is 0 Å². The largest absolute Gasteiger partial charge is 0.478 e. The molecule has 4 nitrogen and oxygen atoms in total. The van der Waals surface area contributed by atoms with Crippen molar-refractivity contribution < 1.29 is 14.3 Å². The van der Waals surface area contributed by atoms with Gasteiger partial charge in [-0.3, -0.25) is 0 Å². The predicted octanol–water partition coefficient (Wildman–Crippen LogP) is 3.38. The number of rotatable bonds is 2. The minimum atomic E-state index is -0.996. The summed E-state index contributed by atoms with van der Waals surface area (Å²) in [5.74, 6) is -0.804. The summed E-state index contributed by atoms with van der Waals surface area (Å²) in [5.41, 5.74) is 2.87. The molecule has 5 heteroatoms. The van der Waals surface area contributed by atoms with Crippen LogP contribution in [-0.2, 0) is 0 Å². The second kappa shape index (κ2) is 4.45. The lowest BCUT2D eigenvalue weighted by Gasteiger charge is -1.99. The van der Waals surface area contributed by atoms with Gasteiger partial charge in [-0.2, -0.15) is 0 Å². The zero-order valence-electron chi connectivity index (χ0n) is 10.6. The van der Waals surface area contributed by atoms with Gasteiger partial charge in [-0.05, 0) is 48.9 Å². The number of aromatic carboxylic acids is 1. The van der Waals surface area contributed by atoms with Crippen molar-refractivity contribution in [1.29, 1.82) is 0 Å². The highest BCUT2D eigenvalue weighted by Crippen LogP contribution is 2.23. The van der Waals surface area contributed by atoms with Crippen LogP contribution >= 0.6 is 0 Å². The molecule has 0 fully saturated rings. The highest BCUT2D eigenvalue weighted by atomic mass is 19.1. The van der Waals surface area contributed by atoms with Crippen molar-refractivity contribution in [2.45, 2.75) is 6.92 Å². The first kappa shape index (κ1) is 12.3. The van der Waals surface area contributed by atoms with Crippen LogP contribution in [0.2, 0.25) is 0 Å². The Labute approximate surface area is 113 Å². The van der Waals surface area contributed by atoms with E-state index in [0.717, 1.165) is 5.56 Å². The predicted molar refractivity (Wildman–Crippen MR) is 73.2 cm³/mol. The second-order valence-corrected chi connectivity index (χ2v) is 4.64. The van der Waals surface area contributed by atoms with Crippen molar-refractivity contribution in [3.05, 3.63) is 53.3 Å². The molecule has 0 radical (unpaired) electrons. The minimum Gasteiger partial charge on any atom is -0.478 e. The van der Waals surface area contributed by atoms with E-state index in [0.29, 0.717) is 22.4 Å². The van der Waals surface area contributed by atoms with Crippen LogP contribution < -0.4 is 0 Å².